The van der Waals surface area contributed by atoms with Crippen molar-refractivity contribution in [3.8, 4) is 0 Å². The Bertz CT molecular complexity index is 1090. The van der Waals surface area contributed by atoms with Crippen molar-refractivity contribution in [1.82, 2.24) is 10.2 Å². The lowest BCUT2D eigenvalue weighted by molar-refractivity contribution is -0.253. The zero-order valence-electron chi connectivity index (χ0n) is 23.4. The Morgan fingerprint density at radius 1 is 1.02 bits per heavy atom. The SMILES string of the molecule is CC(=O)NCCCCCC(=O)Nc1cccc([C@@H]2O[C@H](CN3CCC[C@H]3CO)C[C@H](c3ccc(CO)cc3)O2)c1. The second kappa shape index (κ2) is 15.3. The lowest BCUT2D eigenvalue weighted by atomic mass is 9.99. The molecular weight excluding hydrogens is 510 g/mol. The average molecular weight is 554 g/mol. The fourth-order valence-corrected chi connectivity index (χ4v) is 5.48. The molecule has 2 aliphatic heterocycles. The minimum absolute atomic E-state index is 0.00669. The number of ether oxygens (including phenoxy) is 2. The minimum atomic E-state index is -0.609. The average Bonchev–Trinajstić information content (AvgIpc) is 3.41. The topological polar surface area (TPSA) is 120 Å². The number of hydrogen-bond acceptors (Lipinski definition) is 7. The van der Waals surface area contributed by atoms with E-state index in [2.05, 4.69) is 15.5 Å². The third kappa shape index (κ3) is 8.84. The van der Waals surface area contributed by atoms with Gasteiger partial charge in [0.15, 0.2) is 6.29 Å². The Morgan fingerprint density at radius 3 is 2.60 bits per heavy atom. The molecule has 2 saturated heterocycles. The van der Waals surface area contributed by atoms with Gasteiger partial charge in [-0.05, 0) is 55.5 Å². The van der Waals surface area contributed by atoms with Gasteiger partial charge in [0.05, 0.1) is 25.4 Å². The van der Waals surface area contributed by atoms with E-state index < -0.39 is 6.29 Å². The molecule has 2 aromatic carbocycles. The molecule has 9 nitrogen and oxygen atoms in total. The summed E-state index contributed by atoms with van der Waals surface area (Å²) >= 11 is 0. The van der Waals surface area contributed by atoms with Crippen LogP contribution >= 0.6 is 0 Å². The van der Waals surface area contributed by atoms with E-state index in [9.17, 15) is 19.8 Å². The molecule has 2 fully saturated rings. The summed E-state index contributed by atoms with van der Waals surface area (Å²) in [5.41, 5.74) is 3.40. The molecule has 4 atom stereocenters. The quantitative estimate of drug-likeness (QED) is 0.278. The van der Waals surface area contributed by atoms with Gasteiger partial charge in [-0.1, -0.05) is 42.8 Å². The van der Waals surface area contributed by atoms with Crippen LogP contribution in [0.1, 0.15) is 81.0 Å². The van der Waals surface area contributed by atoms with Crippen LogP contribution in [0.4, 0.5) is 5.69 Å². The van der Waals surface area contributed by atoms with E-state index in [-0.39, 0.29) is 43.3 Å². The molecule has 2 aliphatic rings. The number of benzene rings is 2. The van der Waals surface area contributed by atoms with Gasteiger partial charge in [-0.2, -0.15) is 0 Å². The zero-order valence-corrected chi connectivity index (χ0v) is 23.4. The molecule has 0 unspecified atom stereocenters. The normalized spacial score (nSPS) is 23.2. The maximum absolute atomic E-state index is 12.5. The molecule has 0 bridgehead atoms. The van der Waals surface area contributed by atoms with Gasteiger partial charge in [0.2, 0.25) is 11.8 Å². The molecular formula is C31H43N3O6. The summed E-state index contributed by atoms with van der Waals surface area (Å²) < 4.78 is 12.9. The molecule has 0 radical (unpaired) electrons. The Morgan fingerprint density at radius 2 is 1.85 bits per heavy atom. The molecule has 0 aliphatic carbocycles. The van der Waals surface area contributed by atoms with Gasteiger partial charge in [0, 0.05) is 50.1 Å². The van der Waals surface area contributed by atoms with E-state index >= 15 is 0 Å². The fraction of sp³-hybridized carbons (Fsp3) is 0.548. The van der Waals surface area contributed by atoms with Crippen LogP contribution in [-0.2, 0) is 25.7 Å². The summed E-state index contributed by atoms with van der Waals surface area (Å²) in [6.07, 6.45) is 4.73. The van der Waals surface area contributed by atoms with Crippen LogP contribution in [0.15, 0.2) is 48.5 Å². The van der Waals surface area contributed by atoms with Crippen LogP contribution in [0.2, 0.25) is 0 Å². The highest BCUT2D eigenvalue weighted by molar-refractivity contribution is 5.90. The number of amides is 2. The molecule has 4 rings (SSSR count). The first-order valence-electron chi connectivity index (χ1n) is 14.4. The number of rotatable bonds is 13. The van der Waals surface area contributed by atoms with E-state index in [0.717, 1.165) is 55.3 Å². The number of likely N-dealkylation sites (tertiary alicyclic amines) is 1. The first kappa shape index (κ1) is 30.1. The zero-order chi connectivity index (χ0) is 28.3. The number of carbonyl (C=O) groups excluding carboxylic acids is 2. The number of aliphatic hydroxyl groups is 2. The number of unbranched alkanes of at least 4 members (excludes halogenated alkanes) is 2. The number of aliphatic hydroxyl groups excluding tert-OH is 2. The van der Waals surface area contributed by atoms with Crippen LogP contribution in [-0.4, -0.2) is 65.3 Å². The summed E-state index contributed by atoms with van der Waals surface area (Å²) in [5, 5.41) is 25.0. The van der Waals surface area contributed by atoms with Crippen molar-refractivity contribution in [1.29, 1.82) is 0 Å². The molecule has 2 amide bonds. The Labute approximate surface area is 236 Å². The van der Waals surface area contributed by atoms with E-state index in [1.54, 1.807) is 0 Å². The van der Waals surface area contributed by atoms with Crippen molar-refractivity contribution in [2.45, 2.75) is 83.0 Å². The molecule has 218 valence electrons. The first-order valence-corrected chi connectivity index (χ1v) is 14.4. The van der Waals surface area contributed by atoms with Crippen molar-refractivity contribution in [2.75, 3.05) is 31.6 Å². The fourth-order valence-electron chi connectivity index (χ4n) is 5.48. The molecule has 0 spiro atoms. The Kier molecular flexibility index (Phi) is 11.5. The summed E-state index contributed by atoms with van der Waals surface area (Å²) in [5.74, 6) is -0.0860. The molecule has 2 heterocycles. The highest BCUT2D eigenvalue weighted by atomic mass is 16.7. The highest BCUT2D eigenvalue weighted by Crippen LogP contribution is 2.39. The smallest absolute Gasteiger partial charge is 0.224 e. The van der Waals surface area contributed by atoms with Gasteiger partial charge in [0.1, 0.15) is 0 Å². The Hall–Kier alpha value is -2.82. The second-order valence-electron chi connectivity index (χ2n) is 10.8. The molecule has 0 saturated carbocycles. The van der Waals surface area contributed by atoms with Gasteiger partial charge in [-0.25, -0.2) is 0 Å². The van der Waals surface area contributed by atoms with Crippen molar-refractivity contribution >= 4 is 17.5 Å². The van der Waals surface area contributed by atoms with Gasteiger partial charge in [-0.3, -0.25) is 14.5 Å². The van der Waals surface area contributed by atoms with Gasteiger partial charge >= 0.3 is 0 Å². The standard InChI is InChI=1S/C31H43N3O6/c1-22(37)32-15-4-2-3-10-30(38)33-26-8-5-7-25(17-26)31-39-28(19-34-16-6-9-27(34)21-36)18-29(40-31)24-13-11-23(20-35)12-14-24/h5,7-8,11-14,17,27-29,31,35-36H,2-4,6,9-10,15-16,18-21H2,1H3,(H,32,37)(H,33,38)/t27-,28-,29+,31+/m0/s1. The molecule has 2 aromatic rings. The maximum Gasteiger partial charge on any atom is 0.224 e. The van der Waals surface area contributed by atoms with E-state index in [0.29, 0.717) is 31.6 Å². The monoisotopic (exact) mass is 553 g/mol. The molecule has 0 aromatic heterocycles. The van der Waals surface area contributed by atoms with Crippen LogP contribution < -0.4 is 10.6 Å². The summed E-state index contributed by atoms with van der Waals surface area (Å²) in [7, 11) is 0. The van der Waals surface area contributed by atoms with Crippen molar-refractivity contribution < 1.29 is 29.3 Å². The maximum atomic E-state index is 12.5. The molecule has 4 N–H and O–H groups in total. The van der Waals surface area contributed by atoms with E-state index in [1.807, 2.05) is 48.5 Å². The van der Waals surface area contributed by atoms with Crippen LogP contribution in [0.5, 0.6) is 0 Å². The highest BCUT2D eigenvalue weighted by Gasteiger charge is 2.35. The predicted octanol–water partition coefficient (Wildman–Crippen LogP) is 3.82. The number of anilines is 1. The predicted molar refractivity (Wildman–Crippen MR) is 152 cm³/mol. The second-order valence-corrected chi connectivity index (χ2v) is 10.8. The number of carbonyl (C=O) groups is 2. The lowest BCUT2D eigenvalue weighted by Crippen LogP contribution is -2.42. The first-order chi connectivity index (χ1) is 19.4. The number of hydrogen-bond donors (Lipinski definition) is 4. The summed E-state index contributed by atoms with van der Waals surface area (Å²) in [4.78, 5) is 25.8. The van der Waals surface area contributed by atoms with E-state index in [1.165, 1.54) is 6.92 Å². The van der Waals surface area contributed by atoms with Gasteiger partial charge < -0.3 is 30.3 Å². The molecule has 9 heteroatoms. The summed E-state index contributed by atoms with van der Waals surface area (Å²) in [6.45, 7) is 3.94. The lowest BCUT2D eigenvalue weighted by Gasteiger charge is -2.38. The van der Waals surface area contributed by atoms with Crippen LogP contribution in [0.25, 0.3) is 0 Å². The number of nitrogens with zero attached hydrogens (tertiary/aromatic N) is 1. The largest absolute Gasteiger partial charge is 0.395 e. The molecule has 40 heavy (non-hydrogen) atoms. The van der Waals surface area contributed by atoms with Gasteiger partial charge in [0.25, 0.3) is 0 Å². The van der Waals surface area contributed by atoms with Gasteiger partial charge in [-0.15, -0.1) is 0 Å². The summed E-state index contributed by atoms with van der Waals surface area (Å²) in [6, 6.07) is 15.6. The van der Waals surface area contributed by atoms with Crippen LogP contribution in [0.3, 0.4) is 0 Å². The van der Waals surface area contributed by atoms with Crippen LogP contribution in [0, 0.1) is 0 Å². The number of nitrogens with one attached hydrogen (secondary N) is 2. The van der Waals surface area contributed by atoms with Crippen molar-refractivity contribution in [2.24, 2.45) is 0 Å². The third-order valence-electron chi connectivity index (χ3n) is 7.66. The minimum Gasteiger partial charge on any atom is -0.395 e. The van der Waals surface area contributed by atoms with Crippen molar-refractivity contribution in [3.05, 3.63) is 65.2 Å². The van der Waals surface area contributed by atoms with Crippen molar-refractivity contribution in [3.63, 3.8) is 0 Å². The van der Waals surface area contributed by atoms with E-state index in [4.69, 9.17) is 9.47 Å². The Balaban J connectivity index is 1.40. The third-order valence-corrected chi connectivity index (χ3v) is 7.66.